The molecule has 0 radical (unpaired) electrons. The molecule has 0 fully saturated rings. The van der Waals surface area contributed by atoms with E-state index in [9.17, 15) is 0 Å². The third kappa shape index (κ3) is 1.31. The molecule has 0 aliphatic heterocycles. The average Bonchev–Trinajstić information content (AvgIpc) is 2.27. The zero-order chi connectivity index (χ0) is 9.30. The Morgan fingerprint density at radius 1 is 1.50 bits per heavy atom. The van der Waals surface area contributed by atoms with Crippen LogP contribution in [-0.4, -0.2) is 9.78 Å². The molecule has 1 aromatic heterocycles. The zero-order valence-corrected chi connectivity index (χ0v) is 8.26. The average molecular weight is 167 g/mol. The van der Waals surface area contributed by atoms with E-state index in [1.54, 1.807) is 0 Å². The van der Waals surface area contributed by atoms with Crippen molar-refractivity contribution in [1.29, 1.82) is 0 Å². The van der Waals surface area contributed by atoms with Crippen LogP contribution in [0, 0.1) is 6.92 Å². The summed E-state index contributed by atoms with van der Waals surface area (Å²) in [4.78, 5) is 0. The first-order valence-electron chi connectivity index (χ1n) is 4.41. The number of anilines is 1. The van der Waals surface area contributed by atoms with Crippen LogP contribution in [0.5, 0.6) is 0 Å². The summed E-state index contributed by atoms with van der Waals surface area (Å²) in [5.74, 6) is 0.824. The molecule has 1 heterocycles. The molecule has 0 aliphatic rings. The number of nitrogens with zero attached hydrogens (tertiary/aromatic N) is 2. The van der Waals surface area contributed by atoms with Crippen LogP contribution in [0.3, 0.4) is 0 Å². The van der Waals surface area contributed by atoms with Gasteiger partial charge in [0.15, 0.2) is 0 Å². The van der Waals surface area contributed by atoms with Gasteiger partial charge in [-0.3, -0.25) is 0 Å². The molecule has 0 spiro atoms. The Morgan fingerprint density at radius 2 is 2.08 bits per heavy atom. The van der Waals surface area contributed by atoms with E-state index in [1.165, 1.54) is 5.56 Å². The summed E-state index contributed by atoms with van der Waals surface area (Å²) >= 11 is 0. The molecular weight excluding hydrogens is 150 g/mol. The molecule has 0 amide bonds. The summed E-state index contributed by atoms with van der Waals surface area (Å²) in [6.45, 7) is 8.28. The van der Waals surface area contributed by atoms with Crippen molar-refractivity contribution in [1.82, 2.24) is 9.78 Å². The first-order valence-corrected chi connectivity index (χ1v) is 4.41. The van der Waals surface area contributed by atoms with E-state index in [2.05, 4.69) is 25.9 Å². The lowest BCUT2D eigenvalue weighted by Gasteiger charge is -2.07. The normalized spacial score (nSPS) is 11.1. The third-order valence-corrected chi connectivity index (χ3v) is 2.09. The van der Waals surface area contributed by atoms with Crippen molar-refractivity contribution >= 4 is 5.82 Å². The van der Waals surface area contributed by atoms with E-state index in [1.807, 2.05) is 11.6 Å². The van der Waals surface area contributed by atoms with Gasteiger partial charge in [0, 0.05) is 11.6 Å². The Labute approximate surface area is 73.6 Å². The molecule has 3 nitrogen and oxygen atoms in total. The predicted molar refractivity (Wildman–Crippen MR) is 51.1 cm³/mol. The van der Waals surface area contributed by atoms with Crippen LogP contribution in [0.25, 0.3) is 0 Å². The van der Waals surface area contributed by atoms with Gasteiger partial charge in [-0.2, -0.15) is 5.10 Å². The minimum atomic E-state index is 0.351. The first kappa shape index (κ1) is 9.10. The molecule has 0 unspecified atom stereocenters. The summed E-state index contributed by atoms with van der Waals surface area (Å²) in [5.41, 5.74) is 8.16. The van der Waals surface area contributed by atoms with Crippen molar-refractivity contribution in [2.75, 3.05) is 5.73 Å². The Bertz CT molecular complexity index is 274. The second-order valence-corrected chi connectivity index (χ2v) is 3.34. The van der Waals surface area contributed by atoms with E-state index < -0.39 is 0 Å². The molecule has 0 saturated heterocycles. The molecule has 12 heavy (non-hydrogen) atoms. The Balaban J connectivity index is 3.17. The highest BCUT2D eigenvalue weighted by Gasteiger charge is 2.11. The molecule has 0 aliphatic carbocycles. The van der Waals surface area contributed by atoms with Gasteiger partial charge in [-0.1, -0.05) is 6.92 Å². The lowest BCUT2D eigenvalue weighted by atomic mass is 10.2. The fourth-order valence-corrected chi connectivity index (χ4v) is 1.43. The van der Waals surface area contributed by atoms with Gasteiger partial charge < -0.3 is 5.73 Å². The van der Waals surface area contributed by atoms with Gasteiger partial charge in [-0.25, -0.2) is 4.68 Å². The second-order valence-electron chi connectivity index (χ2n) is 3.34. The summed E-state index contributed by atoms with van der Waals surface area (Å²) in [7, 11) is 0. The van der Waals surface area contributed by atoms with Crippen LogP contribution in [-0.2, 0) is 6.42 Å². The van der Waals surface area contributed by atoms with E-state index >= 15 is 0 Å². The zero-order valence-electron chi connectivity index (χ0n) is 8.26. The molecule has 0 bridgehead atoms. The molecule has 3 heteroatoms. The monoisotopic (exact) mass is 167 g/mol. The highest BCUT2D eigenvalue weighted by atomic mass is 15.3. The molecule has 2 N–H and O–H groups in total. The number of hydrogen-bond acceptors (Lipinski definition) is 2. The quantitative estimate of drug-likeness (QED) is 0.731. The maximum atomic E-state index is 5.92. The molecule has 1 rings (SSSR count). The predicted octanol–water partition coefficient (Wildman–Crippen LogP) is 1.92. The van der Waals surface area contributed by atoms with Gasteiger partial charge in [0.05, 0.1) is 5.69 Å². The number of nitrogen functional groups attached to an aromatic ring is 1. The molecule has 1 aromatic rings. The number of hydrogen-bond donors (Lipinski definition) is 1. The molecule has 0 atom stereocenters. The van der Waals surface area contributed by atoms with Gasteiger partial charge in [0.1, 0.15) is 5.82 Å². The van der Waals surface area contributed by atoms with Crippen molar-refractivity contribution < 1.29 is 0 Å². The molecule has 0 aromatic carbocycles. The Hall–Kier alpha value is -0.990. The minimum Gasteiger partial charge on any atom is -0.384 e. The Morgan fingerprint density at radius 3 is 2.33 bits per heavy atom. The lowest BCUT2D eigenvalue weighted by molar-refractivity contribution is 0.537. The second kappa shape index (κ2) is 3.17. The minimum absolute atomic E-state index is 0.351. The fraction of sp³-hybridized carbons (Fsp3) is 0.667. The van der Waals surface area contributed by atoms with Crippen molar-refractivity contribution in [3.8, 4) is 0 Å². The van der Waals surface area contributed by atoms with Crippen molar-refractivity contribution in [3.05, 3.63) is 11.3 Å². The van der Waals surface area contributed by atoms with E-state index in [-0.39, 0.29) is 0 Å². The number of aromatic nitrogens is 2. The van der Waals surface area contributed by atoms with Crippen LogP contribution in [0.2, 0.25) is 0 Å². The maximum Gasteiger partial charge on any atom is 0.125 e. The van der Waals surface area contributed by atoms with E-state index in [4.69, 9.17) is 5.73 Å². The van der Waals surface area contributed by atoms with Gasteiger partial charge in [0.2, 0.25) is 0 Å². The number of nitrogens with two attached hydrogens (primary N) is 1. The summed E-state index contributed by atoms with van der Waals surface area (Å²) in [6, 6.07) is 0.351. The van der Waals surface area contributed by atoms with Crippen molar-refractivity contribution in [3.63, 3.8) is 0 Å². The lowest BCUT2D eigenvalue weighted by Crippen LogP contribution is -2.07. The van der Waals surface area contributed by atoms with Crippen LogP contribution < -0.4 is 5.73 Å². The molecule has 68 valence electrons. The van der Waals surface area contributed by atoms with Crippen molar-refractivity contribution in [2.45, 2.75) is 40.2 Å². The highest BCUT2D eigenvalue weighted by Crippen LogP contribution is 2.20. The maximum absolute atomic E-state index is 5.92. The highest BCUT2D eigenvalue weighted by molar-refractivity contribution is 5.43. The van der Waals surface area contributed by atoms with Gasteiger partial charge in [-0.05, 0) is 27.2 Å². The third-order valence-electron chi connectivity index (χ3n) is 2.09. The summed E-state index contributed by atoms with van der Waals surface area (Å²) in [5, 5.41) is 4.37. The molecular formula is C9H17N3. The Kier molecular flexibility index (Phi) is 2.40. The van der Waals surface area contributed by atoms with Gasteiger partial charge in [-0.15, -0.1) is 0 Å². The van der Waals surface area contributed by atoms with Crippen LogP contribution in [0.1, 0.15) is 38.1 Å². The standard InChI is InChI=1S/C9H17N3/c1-5-8-7(4)11-12(6(2)3)9(8)10/h6H,5,10H2,1-4H3. The SMILES string of the molecule is CCc1c(C)nn(C(C)C)c1N. The van der Waals surface area contributed by atoms with Crippen LogP contribution in [0.15, 0.2) is 0 Å². The van der Waals surface area contributed by atoms with Crippen LogP contribution in [0.4, 0.5) is 5.82 Å². The van der Waals surface area contributed by atoms with E-state index in [0.717, 1.165) is 17.9 Å². The van der Waals surface area contributed by atoms with Gasteiger partial charge >= 0.3 is 0 Å². The largest absolute Gasteiger partial charge is 0.384 e. The summed E-state index contributed by atoms with van der Waals surface area (Å²) in [6.07, 6.45) is 0.963. The first-order chi connectivity index (χ1) is 5.57. The van der Waals surface area contributed by atoms with Crippen LogP contribution >= 0.6 is 0 Å². The fourth-order valence-electron chi connectivity index (χ4n) is 1.43. The summed E-state index contributed by atoms with van der Waals surface area (Å²) < 4.78 is 1.88. The smallest absolute Gasteiger partial charge is 0.125 e. The molecule has 0 saturated carbocycles. The number of rotatable bonds is 2. The van der Waals surface area contributed by atoms with Gasteiger partial charge in [0.25, 0.3) is 0 Å². The van der Waals surface area contributed by atoms with E-state index in [0.29, 0.717) is 6.04 Å². The number of aryl methyl sites for hydroxylation is 1. The topological polar surface area (TPSA) is 43.8 Å². The van der Waals surface area contributed by atoms with Crippen molar-refractivity contribution in [2.24, 2.45) is 0 Å².